The van der Waals surface area contributed by atoms with Crippen LogP contribution in [0, 0.1) is 6.07 Å². The standard InChI is InChI=1S/C18H24N2.C9H6NS.Ir/c1-17(2,3)13-7-9-19-15(11-13)16-12-14(8-10-20-16)18(4,5)6;1-2-6-10-8(4-1)9-5-3-7-11-9;/h7-12H,1-6H3;1-4,6-7H;/q;-1;. The van der Waals surface area contributed by atoms with E-state index in [0.717, 1.165) is 22.0 Å². The van der Waals surface area contributed by atoms with Crippen LogP contribution in [0.2, 0.25) is 0 Å². The zero-order chi connectivity index (χ0) is 22.5. The molecule has 0 fully saturated rings. The van der Waals surface area contributed by atoms with Crippen LogP contribution < -0.4 is 0 Å². The molecule has 0 aliphatic heterocycles. The van der Waals surface area contributed by atoms with E-state index in [4.69, 9.17) is 0 Å². The molecule has 0 N–H and O–H groups in total. The minimum absolute atomic E-state index is 0. The Morgan fingerprint density at radius 1 is 0.688 bits per heavy atom. The molecule has 4 rings (SSSR count). The van der Waals surface area contributed by atoms with Crippen molar-refractivity contribution in [3.05, 3.63) is 89.7 Å². The second-order valence-electron chi connectivity index (χ2n) is 9.47. The monoisotopic (exact) mass is 621 g/mol. The predicted octanol–water partition coefficient (Wildman–Crippen LogP) is 7.35. The third-order valence-electron chi connectivity index (χ3n) is 4.88. The Labute approximate surface area is 209 Å². The summed E-state index contributed by atoms with van der Waals surface area (Å²) < 4.78 is 0. The van der Waals surface area contributed by atoms with Gasteiger partial charge in [0, 0.05) is 38.7 Å². The van der Waals surface area contributed by atoms with Crippen molar-refractivity contribution in [3.8, 4) is 22.0 Å². The third kappa shape index (κ3) is 7.16. The number of aromatic nitrogens is 3. The van der Waals surface area contributed by atoms with Gasteiger partial charge < -0.3 is 4.98 Å². The molecular weight excluding hydrogens is 591 g/mol. The molecule has 0 aliphatic rings. The quantitative estimate of drug-likeness (QED) is 0.220. The van der Waals surface area contributed by atoms with Crippen LogP contribution in [-0.2, 0) is 30.9 Å². The summed E-state index contributed by atoms with van der Waals surface area (Å²) in [5, 5.41) is 2.00. The molecule has 4 heterocycles. The number of hydrogen-bond acceptors (Lipinski definition) is 4. The van der Waals surface area contributed by atoms with Gasteiger partial charge >= 0.3 is 0 Å². The molecule has 0 saturated heterocycles. The largest absolute Gasteiger partial charge is 0.319 e. The first-order valence-electron chi connectivity index (χ1n) is 10.4. The van der Waals surface area contributed by atoms with Crippen molar-refractivity contribution < 1.29 is 20.1 Å². The van der Waals surface area contributed by atoms with Gasteiger partial charge in [-0.05, 0) is 58.0 Å². The summed E-state index contributed by atoms with van der Waals surface area (Å²) in [6.45, 7) is 13.3. The molecule has 1 radical (unpaired) electrons. The Morgan fingerprint density at radius 2 is 1.22 bits per heavy atom. The number of pyridine rings is 3. The summed E-state index contributed by atoms with van der Waals surface area (Å²) in [7, 11) is 0. The van der Waals surface area contributed by atoms with Gasteiger partial charge in [-0.3, -0.25) is 9.97 Å². The van der Waals surface area contributed by atoms with Gasteiger partial charge in [0.2, 0.25) is 0 Å². The maximum absolute atomic E-state index is 4.48. The van der Waals surface area contributed by atoms with Crippen molar-refractivity contribution in [2.24, 2.45) is 0 Å². The van der Waals surface area contributed by atoms with E-state index in [1.165, 1.54) is 11.1 Å². The zero-order valence-corrected chi connectivity index (χ0v) is 22.7. The molecule has 0 spiro atoms. The van der Waals surface area contributed by atoms with E-state index in [9.17, 15) is 0 Å². The second-order valence-corrected chi connectivity index (χ2v) is 10.4. The average molecular weight is 621 g/mol. The summed E-state index contributed by atoms with van der Waals surface area (Å²) in [5.41, 5.74) is 5.71. The number of nitrogens with zero attached hydrogens (tertiary/aromatic N) is 3. The van der Waals surface area contributed by atoms with Crippen LogP contribution in [0.5, 0.6) is 0 Å². The summed E-state index contributed by atoms with van der Waals surface area (Å²) in [5.74, 6) is 0. The van der Waals surface area contributed by atoms with Gasteiger partial charge in [-0.2, -0.15) is 12.1 Å². The van der Waals surface area contributed by atoms with Crippen LogP contribution >= 0.6 is 11.3 Å². The Kier molecular flexibility index (Phi) is 9.03. The van der Waals surface area contributed by atoms with Crippen LogP contribution in [0.3, 0.4) is 0 Å². The number of hydrogen-bond donors (Lipinski definition) is 0. The van der Waals surface area contributed by atoms with E-state index < -0.39 is 0 Å². The van der Waals surface area contributed by atoms with Crippen molar-refractivity contribution in [2.45, 2.75) is 52.4 Å². The van der Waals surface area contributed by atoms with Crippen molar-refractivity contribution >= 4 is 11.3 Å². The van der Waals surface area contributed by atoms with Gasteiger partial charge in [-0.25, -0.2) is 11.3 Å². The van der Waals surface area contributed by atoms with E-state index in [1.807, 2.05) is 42.0 Å². The molecule has 0 atom stereocenters. The molecule has 4 aromatic rings. The molecule has 5 heteroatoms. The molecule has 169 valence electrons. The first kappa shape index (κ1) is 26.1. The molecule has 0 bridgehead atoms. The van der Waals surface area contributed by atoms with Gasteiger partial charge in [0.05, 0.1) is 11.4 Å². The molecule has 4 aromatic heterocycles. The number of thiophene rings is 1. The summed E-state index contributed by atoms with van der Waals surface area (Å²) >= 11 is 1.66. The van der Waals surface area contributed by atoms with Crippen molar-refractivity contribution in [3.63, 3.8) is 0 Å². The van der Waals surface area contributed by atoms with Crippen LogP contribution in [0.25, 0.3) is 22.0 Å². The zero-order valence-electron chi connectivity index (χ0n) is 19.5. The van der Waals surface area contributed by atoms with Crippen LogP contribution in [0.1, 0.15) is 52.7 Å². The van der Waals surface area contributed by atoms with E-state index in [1.54, 1.807) is 17.5 Å². The fourth-order valence-corrected chi connectivity index (χ4v) is 3.60. The van der Waals surface area contributed by atoms with E-state index >= 15 is 0 Å². The van der Waals surface area contributed by atoms with E-state index in [0.29, 0.717) is 0 Å². The molecule has 3 nitrogen and oxygen atoms in total. The Hall–Kier alpha value is -2.20. The fraction of sp³-hybridized carbons (Fsp3) is 0.296. The Bertz CT molecular complexity index is 1040. The Balaban J connectivity index is 0.000000255. The van der Waals surface area contributed by atoms with Gasteiger partial charge in [0.1, 0.15) is 0 Å². The molecule has 0 aliphatic carbocycles. The van der Waals surface area contributed by atoms with Gasteiger partial charge in [-0.15, -0.1) is 5.38 Å². The maximum atomic E-state index is 4.48. The number of rotatable bonds is 2. The normalized spacial score (nSPS) is 11.2. The summed E-state index contributed by atoms with van der Waals surface area (Å²) in [6, 6.07) is 19.4. The van der Waals surface area contributed by atoms with E-state index in [2.05, 4.69) is 86.8 Å². The molecule has 0 unspecified atom stereocenters. The first-order valence-corrected chi connectivity index (χ1v) is 11.3. The molecule has 0 amide bonds. The maximum Gasteiger partial charge on any atom is 0.0889 e. The molecule has 0 saturated carbocycles. The Morgan fingerprint density at radius 3 is 1.62 bits per heavy atom. The average Bonchev–Trinajstić information content (AvgIpc) is 3.29. The fourth-order valence-electron chi connectivity index (χ4n) is 2.95. The smallest absolute Gasteiger partial charge is 0.0889 e. The van der Waals surface area contributed by atoms with Gasteiger partial charge in [0.15, 0.2) is 0 Å². The second kappa shape index (κ2) is 11.1. The predicted molar refractivity (Wildman–Crippen MR) is 131 cm³/mol. The van der Waals surface area contributed by atoms with Crippen molar-refractivity contribution in [2.75, 3.05) is 0 Å². The van der Waals surface area contributed by atoms with Gasteiger partial charge in [0.25, 0.3) is 0 Å². The minimum Gasteiger partial charge on any atom is -0.319 e. The molecular formula is C27H30IrN3S-. The summed E-state index contributed by atoms with van der Waals surface area (Å²) in [6.07, 6.45) is 5.55. The topological polar surface area (TPSA) is 38.7 Å². The van der Waals surface area contributed by atoms with E-state index in [-0.39, 0.29) is 30.9 Å². The first-order chi connectivity index (χ1) is 14.6. The van der Waals surface area contributed by atoms with Crippen molar-refractivity contribution in [1.29, 1.82) is 0 Å². The van der Waals surface area contributed by atoms with Crippen LogP contribution in [0.4, 0.5) is 0 Å². The SMILES string of the molecule is CC(C)(C)c1ccnc(-c2cc(C(C)(C)C)ccn2)c1.[Ir].[c-]1ccsc1-c1ccccn1. The van der Waals surface area contributed by atoms with Gasteiger partial charge in [-0.1, -0.05) is 58.6 Å². The van der Waals surface area contributed by atoms with Crippen LogP contribution in [-0.4, -0.2) is 15.0 Å². The third-order valence-corrected chi connectivity index (χ3v) is 5.72. The molecule has 0 aromatic carbocycles. The minimum atomic E-state index is 0. The van der Waals surface area contributed by atoms with Crippen molar-refractivity contribution in [1.82, 2.24) is 15.0 Å². The summed E-state index contributed by atoms with van der Waals surface area (Å²) in [4.78, 5) is 14.3. The molecule has 32 heavy (non-hydrogen) atoms. The van der Waals surface area contributed by atoms with Crippen LogP contribution in [0.15, 0.2) is 72.5 Å².